The van der Waals surface area contributed by atoms with Crippen LogP contribution in [0.2, 0.25) is 0 Å². The van der Waals surface area contributed by atoms with Gasteiger partial charge >= 0.3 is 0 Å². The Morgan fingerprint density at radius 3 is 2.65 bits per heavy atom. The summed E-state index contributed by atoms with van der Waals surface area (Å²) >= 11 is 0. The molecule has 0 saturated heterocycles. The lowest BCUT2D eigenvalue weighted by Crippen LogP contribution is -2.17. The first-order valence-corrected chi connectivity index (χ1v) is 8.16. The summed E-state index contributed by atoms with van der Waals surface area (Å²) in [5.74, 6) is -0.657. The van der Waals surface area contributed by atoms with Crippen molar-refractivity contribution in [2.45, 2.75) is 19.8 Å². The van der Waals surface area contributed by atoms with Gasteiger partial charge in [-0.05, 0) is 36.2 Å². The molecule has 0 radical (unpaired) electrons. The number of hydrogen-bond donors (Lipinski definition) is 2. The molecular weight excluding hydrogens is 330 g/mol. The second-order valence-corrected chi connectivity index (χ2v) is 6.12. The molecule has 0 spiro atoms. The van der Waals surface area contributed by atoms with E-state index in [2.05, 4.69) is 15.3 Å². The number of nitrogens with one attached hydrogen (secondary N) is 1. The fourth-order valence-corrected chi connectivity index (χ4v) is 2.49. The molecule has 2 heterocycles. The van der Waals surface area contributed by atoms with Gasteiger partial charge in [0, 0.05) is 23.7 Å². The van der Waals surface area contributed by atoms with E-state index in [0.29, 0.717) is 22.6 Å². The van der Waals surface area contributed by atoms with E-state index in [1.54, 1.807) is 47.6 Å². The zero-order chi connectivity index (χ0) is 18.7. The number of aromatic nitrogens is 3. The van der Waals surface area contributed by atoms with Gasteiger partial charge in [-0.1, -0.05) is 19.9 Å². The summed E-state index contributed by atoms with van der Waals surface area (Å²) in [5, 5.41) is 2.85. The molecule has 0 unspecified atom stereocenters. The lowest BCUT2D eigenvalue weighted by atomic mass is 10.1. The highest BCUT2D eigenvalue weighted by molar-refractivity contribution is 6.04. The van der Waals surface area contributed by atoms with Crippen molar-refractivity contribution >= 4 is 17.5 Å². The minimum absolute atomic E-state index is 0.221. The highest BCUT2D eigenvalue weighted by Gasteiger charge is 2.14. The first-order chi connectivity index (χ1) is 12.5. The van der Waals surface area contributed by atoms with Gasteiger partial charge in [-0.25, -0.2) is 9.97 Å². The molecule has 3 aromatic rings. The SMILES string of the molecule is CC(C)c1cccc(C(=O)Nc2ccc(C(N)=O)cc2-n2ccnc2)n1. The average Bonchev–Trinajstić information content (AvgIpc) is 3.16. The van der Waals surface area contributed by atoms with E-state index >= 15 is 0 Å². The number of nitrogens with zero attached hydrogens (tertiary/aromatic N) is 3. The molecular formula is C19H19N5O2. The van der Waals surface area contributed by atoms with Crippen molar-refractivity contribution in [1.82, 2.24) is 14.5 Å². The maximum absolute atomic E-state index is 12.6. The summed E-state index contributed by atoms with van der Waals surface area (Å²) in [6.45, 7) is 4.04. The molecule has 7 heteroatoms. The Labute approximate surface area is 150 Å². The minimum atomic E-state index is -0.546. The normalized spacial score (nSPS) is 10.7. The predicted molar refractivity (Wildman–Crippen MR) is 98.4 cm³/mol. The molecule has 1 aromatic carbocycles. The maximum atomic E-state index is 12.6. The Morgan fingerprint density at radius 1 is 1.19 bits per heavy atom. The van der Waals surface area contributed by atoms with E-state index < -0.39 is 5.91 Å². The number of pyridine rings is 1. The maximum Gasteiger partial charge on any atom is 0.274 e. The summed E-state index contributed by atoms with van der Waals surface area (Å²) in [4.78, 5) is 32.5. The molecule has 7 nitrogen and oxygen atoms in total. The van der Waals surface area contributed by atoms with Crippen LogP contribution in [0.3, 0.4) is 0 Å². The average molecular weight is 349 g/mol. The molecule has 2 aromatic heterocycles. The van der Waals surface area contributed by atoms with Gasteiger partial charge in [0.1, 0.15) is 5.69 Å². The van der Waals surface area contributed by atoms with E-state index in [-0.39, 0.29) is 11.8 Å². The van der Waals surface area contributed by atoms with Gasteiger partial charge in [-0.3, -0.25) is 9.59 Å². The number of anilines is 1. The number of benzene rings is 1. The summed E-state index contributed by atoms with van der Waals surface area (Å²) < 4.78 is 1.69. The number of primary amides is 1. The largest absolute Gasteiger partial charge is 0.366 e. The molecule has 3 N–H and O–H groups in total. The number of nitrogens with two attached hydrogens (primary N) is 1. The Balaban J connectivity index is 1.95. The molecule has 2 amide bonds. The summed E-state index contributed by atoms with van der Waals surface area (Å²) in [7, 11) is 0. The molecule has 3 rings (SSSR count). The number of carbonyl (C=O) groups excluding carboxylic acids is 2. The number of imidazole rings is 1. The van der Waals surface area contributed by atoms with Crippen LogP contribution in [0.1, 0.15) is 46.3 Å². The third-order valence-electron chi connectivity index (χ3n) is 3.91. The number of amides is 2. The molecule has 0 aliphatic rings. The topological polar surface area (TPSA) is 103 Å². The Morgan fingerprint density at radius 2 is 2.00 bits per heavy atom. The number of carbonyl (C=O) groups is 2. The zero-order valence-corrected chi connectivity index (χ0v) is 14.5. The molecule has 0 fully saturated rings. The minimum Gasteiger partial charge on any atom is -0.366 e. The van der Waals surface area contributed by atoms with Crippen molar-refractivity contribution < 1.29 is 9.59 Å². The third-order valence-corrected chi connectivity index (χ3v) is 3.91. The van der Waals surface area contributed by atoms with Crippen molar-refractivity contribution in [1.29, 1.82) is 0 Å². The molecule has 0 aliphatic carbocycles. The lowest BCUT2D eigenvalue weighted by Gasteiger charge is -2.13. The molecule has 0 aliphatic heterocycles. The van der Waals surface area contributed by atoms with Crippen molar-refractivity contribution in [3.8, 4) is 5.69 Å². The molecule has 0 saturated carbocycles. The van der Waals surface area contributed by atoms with Gasteiger partial charge in [0.05, 0.1) is 17.7 Å². The first-order valence-electron chi connectivity index (χ1n) is 8.16. The second-order valence-electron chi connectivity index (χ2n) is 6.12. The fourth-order valence-electron chi connectivity index (χ4n) is 2.49. The Hall–Kier alpha value is -3.48. The van der Waals surface area contributed by atoms with Gasteiger partial charge in [0.25, 0.3) is 5.91 Å². The van der Waals surface area contributed by atoms with Crippen molar-refractivity contribution in [2.75, 3.05) is 5.32 Å². The van der Waals surface area contributed by atoms with Gasteiger partial charge in [0.15, 0.2) is 0 Å². The van der Waals surface area contributed by atoms with Crippen LogP contribution in [0.5, 0.6) is 0 Å². The van der Waals surface area contributed by atoms with Crippen LogP contribution in [-0.4, -0.2) is 26.3 Å². The Bertz CT molecular complexity index is 948. The van der Waals surface area contributed by atoms with Crippen molar-refractivity contribution in [3.05, 3.63) is 72.1 Å². The van der Waals surface area contributed by atoms with Crippen LogP contribution < -0.4 is 11.1 Å². The van der Waals surface area contributed by atoms with E-state index in [1.807, 2.05) is 26.0 Å². The summed E-state index contributed by atoms with van der Waals surface area (Å²) in [6.07, 6.45) is 4.90. The molecule has 0 atom stereocenters. The predicted octanol–water partition coefficient (Wildman–Crippen LogP) is 2.74. The standard InChI is InChI=1S/C19H19N5O2/c1-12(2)14-4-3-5-16(22-14)19(26)23-15-7-6-13(18(20)25)10-17(15)24-9-8-21-11-24/h3-12H,1-2H3,(H2,20,25)(H,23,26). The third kappa shape index (κ3) is 3.61. The first kappa shape index (κ1) is 17.3. The summed E-state index contributed by atoms with van der Waals surface area (Å²) in [6, 6.07) is 10.2. The van der Waals surface area contributed by atoms with E-state index in [0.717, 1.165) is 5.69 Å². The van der Waals surface area contributed by atoms with Crippen LogP contribution in [0.15, 0.2) is 55.1 Å². The van der Waals surface area contributed by atoms with E-state index in [1.165, 1.54) is 0 Å². The second kappa shape index (κ2) is 7.18. The summed E-state index contributed by atoms with van der Waals surface area (Å²) in [5.41, 5.74) is 7.98. The van der Waals surface area contributed by atoms with Crippen molar-refractivity contribution in [2.24, 2.45) is 5.73 Å². The zero-order valence-electron chi connectivity index (χ0n) is 14.5. The van der Waals surface area contributed by atoms with Crippen LogP contribution in [0, 0.1) is 0 Å². The fraction of sp³-hybridized carbons (Fsp3) is 0.158. The van der Waals surface area contributed by atoms with Crippen molar-refractivity contribution in [3.63, 3.8) is 0 Å². The monoisotopic (exact) mass is 349 g/mol. The van der Waals surface area contributed by atoms with E-state index in [4.69, 9.17) is 5.73 Å². The van der Waals surface area contributed by atoms with Crippen LogP contribution in [0.4, 0.5) is 5.69 Å². The van der Waals surface area contributed by atoms with E-state index in [9.17, 15) is 9.59 Å². The van der Waals surface area contributed by atoms with Crippen LogP contribution in [0.25, 0.3) is 5.69 Å². The number of rotatable bonds is 5. The molecule has 132 valence electrons. The lowest BCUT2D eigenvalue weighted by molar-refractivity contribution is 0.0998. The van der Waals surface area contributed by atoms with Crippen LogP contribution in [-0.2, 0) is 0 Å². The molecule has 0 bridgehead atoms. The molecule has 26 heavy (non-hydrogen) atoms. The Kier molecular flexibility index (Phi) is 4.79. The quantitative estimate of drug-likeness (QED) is 0.739. The highest BCUT2D eigenvalue weighted by Crippen LogP contribution is 2.23. The highest BCUT2D eigenvalue weighted by atomic mass is 16.2. The smallest absolute Gasteiger partial charge is 0.274 e. The van der Waals surface area contributed by atoms with Gasteiger partial charge < -0.3 is 15.6 Å². The number of hydrogen-bond acceptors (Lipinski definition) is 4. The van der Waals surface area contributed by atoms with Gasteiger partial charge in [0.2, 0.25) is 5.91 Å². The van der Waals surface area contributed by atoms with Gasteiger partial charge in [-0.2, -0.15) is 0 Å². The van der Waals surface area contributed by atoms with Crippen LogP contribution >= 0.6 is 0 Å². The van der Waals surface area contributed by atoms with Gasteiger partial charge in [-0.15, -0.1) is 0 Å².